The SMILES string of the molecule is C/C=C\C(=C/C)CNCC(N)CCC. The quantitative estimate of drug-likeness (QED) is 0.613. The van der Waals surface area contributed by atoms with Gasteiger partial charge in [0.05, 0.1) is 0 Å². The fraction of sp³-hybridized carbons (Fsp3) is 0.667. The molecule has 0 rings (SSSR count). The maximum atomic E-state index is 5.89. The van der Waals surface area contributed by atoms with Crippen molar-refractivity contribution in [2.75, 3.05) is 13.1 Å². The second-order valence-corrected chi connectivity index (χ2v) is 3.54. The third kappa shape index (κ3) is 6.87. The Labute approximate surface area is 88.3 Å². The van der Waals surface area contributed by atoms with Crippen molar-refractivity contribution in [1.29, 1.82) is 0 Å². The molecule has 0 radical (unpaired) electrons. The van der Waals surface area contributed by atoms with Crippen LogP contribution in [0.5, 0.6) is 0 Å². The second kappa shape index (κ2) is 8.97. The van der Waals surface area contributed by atoms with Gasteiger partial charge in [0.2, 0.25) is 0 Å². The summed E-state index contributed by atoms with van der Waals surface area (Å²) in [6, 6.07) is 0.295. The Morgan fingerprint density at radius 2 is 2.14 bits per heavy atom. The standard InChI is InChI=1S/C12H24N2/c1-4-7-11(6-3)9-14-10-12(13)8-5-2/h4,6-7,12,14H,5,8-10,13H2,1-3H3/b7-4-,11-6+. The summed E-state index contributed by atoms with van der Waals surface area (Å²) in [5.74, 6) is 0. The lowest BCUT2D eigenvalue weighted by molar-refractivity contribution is 0.554. The number of hydrogen-bond donors (Lipinski definition) is 2. The first-order valence-corrected chi connectivity index (χ1v) is 5.48. The van der Waals surface area contributed by atoms with Gasteiger partial charge in [-0.25, -0.2) is 0 Å². The highest BCUT2D eigenvalue weighted by atomic mass is 14.9. The molecule has 0 aromatic carbocycles. The van der Waals surface area contributed by atoms with Crippen molar-refractivity contribution < 1.29 is 0 Å². The Morgan fingerprint density at radius 1 is 1.43 bits per heavy atom. The van der Waals surface area contributed by atoms with Crippen molar-refractivity contribution in [3.63, 3.8) is 0 Å². The van der Waals surface area contributed by atoms with E-state index in [4.69, 9.17) is 5.73 Å². The molecule has 0 bridgehead atoms. The van der Waals surface area contributed by atoms with E-state index in [0.717, 1.165) is 25.9 Å². The molecule has 0 heterocycles. The predicted octanol–water partition coefficient (Wildman–Crippen LogP) is 2.23. The Morgan fingerprint density at radius 3 is 2.64 bits per heavy atom. The molecule has 0 saturated heterocycles. The van der Waals surface area contributed by atoms with E-state index in [1.807, 2.05) is 6.92 Å². The molecule has 0 aliphatic rings. The molecule has 2 heteroatoms. The minimum atomic E-state index is 0.295. The van der Waals surface area contributed by atoms with Gasteiger partial charge in [-0.1, -0.05) is 31.6 Å². The largest absolute Gasteiger partial charge is 0.327 e. The lowest BCUT2D eigenvalue weighted by Gasteiger charge is -2.11. The van der Waals surface area contributed by atoms with Crippen molar-refractivity contribution in [2.45, 2.75) is 39.7 Å². The van der Waals surface area contributed by atoms with Gasteiger partial charge < -0.3 is 11.1 Å². The van der Waals surface area contributed by atoms with Crippen LogP contribution in [0.4, 0.5) is 0 Å². The molecule has 3 N–H and O–H groups in total. The molecule has 0 aromatic rings. The van der Waals surface area contributed by atoms with E-state index in [9.17, 15) is 0 Å². The zero-order valence-corrected chi connectivity index (χ0v) is 9.72. The lowest BCUT2D eigenvalue weighted by atomic mass is 10.1. The molecule has 0 aliphatic carbocycles. The molecular formula is C12H24N2. The molecule has 1 unspecified atom stereocenters. The van der Waals surface area contributed by atoms with Crippen molar-refractivity contribution in [2.24, 2.45) is 5.73 Å². The van der Waals surface area contributed by atoms with Gasteiger partial charge in [0.15, 0.2) is 0 Å². The van der Waals surface area contributed by atoms with E-state index in [-0.39, 0.29) is 0 Å². The second-order valence-electron chi connectivity index (χ2n) is 3.54. The number of hydrogen-bond acceptors (Lipinski definition) is 2. The van der Waals surface area contributed by atoms with E-state index in [1.54, 1.807) is 0 Å². The maximum Gasteiger partial charge on any atom is 0.0202 e. The summed E-state index contributed by atoms with van der Waals surface area (Å²) in [4.78, 5) is 0. The average Bonchev–Trinajstić information content (AvgIpc) is 2.17. The topological polar surface area (TPSA) is 38.0 Å². The zero-order chi connectivity index (χ0) is 10.8. The molecule has 0 saturated carbocycles. The van der Waals surface area contributed by atoms with Gasteiger partial charge in [-0.05, 0) is 25.8 Å². The van der Waals surface area contributed by atoms with Gasteiger partial charge in [0.25, 0.3) is 0 Å². The summed E-state index contributed by atoms with van der Waals surface area (Å²) in [6.07, 6.45) is 8.57. The Hall–Kier alpha value is -0.600. The summed E-state index contributed by atoms with van der Waals surface area (Å²) in [5.41, 5.74) is 7.20. The van der Waals surface area contributed by atoms with Crippen molar-refractivity contribution in [3.8, 4) is 0 Å². The minimum Gasteiger partial charge on any atom is -0.327 e. The monoisotopic (exact) mass is 196 g/mol. The highest BCUT2D eigenvalue weighted by molar-refractivity contribution is 5.18. The highest BCUT2D eigenvalue weighted by Crippen LogP contribution is 1.95. The van der Waals surface area contributed by atoms with Crippen molar-refractivity contribution in [1.82, 2.24) is 5.32 Å². The number of rotatable bonds is 7. The Bertz CT molecular complexity index is 183. The average molecular weight is 196 g/mol. The van der Waals surface area contributed by atoms with Crippen LogP contribution in [0.3, 0.4) is 0 Å². The van der Waals surface area contributed by atoms with Crippen molar-refractivity contribution >= 4 is 0 Å². The van der Waals surface area contributed by atoms with Gasteiger partial charge in [0.1, 0.15) is 0 Å². The van der Waals surface area contributed by atoms with Crippen LogP contribution in [-0.4, -0.2) is 19.1 Å². The summed E-state index contributed by atoms with van der Waals surface area (Å²) < 4.78 is 0. The third-order valence-electron chi connectivity index (χ3n) is 2.15. The first kappa shape index (κ1) is 13.4. The van der Waals surface area contributed by atoms with Crippen LogP contribution in [0.1, 0.15) is 33.6 Å². The maximum absolute atomic E-state index is 5.89. The molecule has 0 aliphatic heterocycles. The van der Waals surface area contributed by atoms with Crippen LogP contribution in [0.15, 0.2) is 23.8 Å². The zero-order valence-electron chi connectivity index (χ0n) is 9.72. The van der Waals surface area contributed by atoms with Crippen LogP contribution >= 0.6 is 0 Å². The van der Waals surface area contributed by atoms with Gasteiger partial charge >= 0.3 is 0 Å². The molecular weight excluding hydrogens is 172 g/mol. The molecule has 82 valence electrons. The van der Waals surface area contributed by atoms with E-state index in [2.05, 4.69) is 37.4 Å². The van der Waals surface area contributed by atoms with Crippen LogP contribution < -0.4 is 11.1 Å². The number of nitrogens with one attached hydrogen (secondary N) is 1. The molecule has 0 aromatic heterocycles. The molecule has 0 amide bonds. The van der Waals surface area contributed by atoms with Gasteiger partial charge in [-0.2, -0.15) is 0 Å². The van der Waals surface area contributed by atoms with Crippen LogP contribution in [0.25, 0.3) is 0 Å². The van der Waals surface area contributed by atoms with Crippen LogP contribution in [0, 0.1) is 0 Å². The van der Waals surface area contributed by atoms with Gasteiger partial charge in [-0.15, -0.1) is 0 Å². The fourth-order valence-electron chi connectivity index (χ4n) is 1.35. The lowest BCUT2D eigenvalue weighted by Crippen LogP contribution is -2.34. The van der Waals surface area contributed by atoms with Gasteiger partial charge in [-0.3, -0.25) is 0 Å². The van der Waals surface area contributed by atoms with E-state index < -0.39 is 0 Å². The smallest absolute Gasteiger partial charge is 0.0202 e. The normalized spacial score (nSPS) is 15.0. The molecule has 0 fully saturated rings. The summed E-state index contributed by atoms with van der Waals surface area (Å²) >= 11 is 0. The summed E-state index contributed by atoms with van der Waals surface area (Å²) in [6.45, 7) is 8.08. The summed E-state index contributed by atoms with van der Waals surface area (Å²) in [5, 5.41) is 3.36. The van der Waals surface area contributed by atoms with E-state index >= 15 is 0 Å². The minimum absolute atomic E-state index is 0.295. The molecule has 14 heavy (non-hydrogen) atoms. The summed E-state index contributed by atoms with van der Waals surface area (Å²) in [7, 11) is 0. The van der Waals surface area contributed by atoms with Crippen LogP contribution in [-0.2, 0) is 0 Å². The first-order chi connectivity index (χ1) is 6.74. The van der Waals surface area contributed by atoms with E-state index in [0.29, 0.717) is 6.04 Å². The Kier molecular flexibility index (Phi) is 8.59. The van der Waals surface area contributed by atoms with Crippen LogP contribution in [0.2, 0.25) is 0 Å². The molecule has 0 spiro atoms. The van der Waals surface area contributed by atoms with Gasteiger partial charge in [0, 0.05) is 19.1 Å². The van der Waals surface area contributed by atoms with E-state index in [1.165, 1.54) is 5.57 Å². The molecule has 2 nitrogen and oxygen atoms in total. The number of nitrogens with two attached hydrogens (primary N) is 1. The first-order valence-electron chi connectivity index (χ1n) is 5.48. The fourth-order valence-corrected chi connectivity index (χ4v) is 1.35. The predicted molar refractivity (Wildman–Crippen MR) is 64.3 cm³/mol. The molecule has 1 atom stereocenters. The number of allylic oxidation sites excluding steroid dienone is 2. The third-order valence-corrected chi connectivity index (χ3v) is 2.15. The Balaban J connectivity index is 3.61. The highest BCUT2D eigenvalue weighted by Gasteiger charge is 1.99. The van der Waals surface area contributed by atoms with Crippen molar-refractivity contribution in [3.05, 3.63) is 23.8 Å².